The Hall–Kier alpha value is -2.29. The van der Waals surface area contributed by atoms with Crippen molar-refractivity contribution in [2.24, 2.45) is 5.92 Å². The summed E-state index contributed by atoms with van der Waals surface area (Å²) >= 11 is 6.11. The van der Waals surface area contributed by atoms with Crippen LogP contribution >= 0.6 is 11.6 Å². The molecule has 162 valence electrons. The average Bonchev–Trinajstić information content (AvgIpc) is 2.78. The number of amides is 1. The molecule has 7 nitrogen and oxygen atoms in total. The molecule has 1 atom stereocenters. The van der Waals surface area contributed by atoms with Crippen molar-refractivity contribution >= 4 is 33.2 Å². The number of ether oxygens (including phenoxy) is 2. The smallest absolute Gasteiger partial charge is 0.243 e. The highest BCUT2D eigenvalue weighted by Crippen LogP contribution is 2.31. The summed E-state index contributed by atoms with van der Waals surface area (Å²) in [6.45, 7) is 0.493. The van der Waals surface area contributed by atoms with E-state index in [1.165, 1.54) is 29.6 Å². The molecular weight excluding hydrogens is 428 g/mol. The number of hydrogen-bond donors (Lipinski definition) is 0. The number of anilines is 1. The van der Waals surface area contributed by atoms with Gasteiger partial charge in [0.25, 0.3) is 0 Å². The Bertz CT molecular complexity index is 1010. The van der Waals surface area contributed by atoms with E-state index >= 15 is 0 Å². The molecule has 1 fully saturated rings. The molecular formula is C21H25ClN2O5S. The number of benzene rings is 2. The normalized spacial score (nSPS) is 17.4. The first kappa shape index (κ1) is 22.4. The fourth-order valence-electron chi connectivity index (χ4n) is 3.53. The van der Waals surface area contributed by atoms with Gasteiger partial charge in [-0.05, 0) is 55.3 Å². The molecule has 0 unspecified atom stereocenters. The molecule has 1 heterocycles. The maximum Gasteiger partial charge on any atom is 0.243 e. The molecule has 0 radical (unpaired) electrons. The molecule has 0 spiro atoms. The zero-order valence-electron chi connectivity index (χ0n) is 17.2. The Balaban J connectivity index is 1.76. The lowest BCUT2D eigenvalue weighted by Crippen LogP contribution is -2.45. The van der Waals surface area contributed by atoms with Crippen molar-refractivity contribution in [1.29, 1.82) is 0 Å². The van der Waals surface area contributed by atoms with E-state index in [0.29, 0.717) is 30.9 Å². The van der Waals surface area contributed by atoms with Crippen molar-refractivity contribution in [3.8, 4) is 11.5 Å². The maximum atomic E-state index is 13.1. The Morgan fingerprint density at radius 3 is 2.43 bits per heavy atom. The van der Waals surface area contributed by atoms with Gasteiger partial charge in [-0.2, -0.15) is 4.31 Å². The predicted molar refractivity (Wildman–Crippen MR) is 116 cm³/mol. The van der Waals surface area contributed by atoms with E-state index in [9.17, 15) is 13.2 Å². The number of carbonyl (C=O) groups excluding carboxylic acids is 1. The first-order valence-electron chi connectivity index (χ1n) is 9.53. The minimum atomic E-state index is -3.77. The van der Waals surface area contributed by atoms with Gasteiger partial charge in [-0.1, -0.05) is 11.6 Å². The highest BCUT2D eigenvalue weighted by Gasteiger charge is 2.35. The van der Waals surface area contributed by atoms with Crippen LogP contribution in [0.5, 0.6) is 11.5 Å². The highest BCUT2D eigenvalue weighted by molar-refractivity contribution is 7.89. The van der Waals surface area contributed by atoms with Gasteiger partial charge in [0.15, 0.2) is 0 Å². The Morgan fingerprint density at radius 2 is 1.83 bits per heavy atom. The first-order valence-corrected chi connectivity index (χ1v) is 11.3. The second-order valence-corrected chi connectivity index (χ2v) is 9.44. The fraction of sp³-hybridized carbons (Fsp3) is 0.381. The van der Waals surface area contributed by atoms with Gasteiger partial charge in [0, 0.05) is 25.8 Å². The van der Waals surface area contributed by atoms with Gasteiger partial charge in [-0.15, -0.1) is 0 Å². The van der Waals surface area contributed by atoms with Crippen LogP contribution in [0, 0.1) is 5.92 Å². The summed E-state index contributed by atoms with van der Waals surface area (Å²) in [5.74, 6) is 0.568. The van der Waals surface area contributed by atoms with E-state index < -0.39 is 15.9 Å². The molecule has 1 aliphatic heterocycles. The number of rotatable bonds is 6. The Labute approximate surface area is 182 Å². The number of methoxy groups -OCH3 is 2. The SMILES string of the molecule is COc1ccc(N(C)C(=O)[C@H]2CCCN(S(=O)(=O)c3ccc(OC)c(Cl)c3)C2)cc1. The van der Waals surface area contributed by atoms with E-state index in [1.807, 2.05) is 0 Å². The average molecular weight is 453 g/mol. The minimum Gasteiger partial charge on any atom is -0.497 e. The molecule has 1 amide bonds. The fourth-order valence-corrected chi connectivity index (χ4v) is 5.40. The van der Waals surface area contributed by atoms with Gasteiger partial charge >= 0.3 is 0 Å². The summed E-state index contributed by atoms with van der Waals surface area (Å²) in [5.41, 5.74) is 0.725. The lowest BCUT2D eigenvalue weighted by Gasteiger charge is -2.33. The van der Waals surface area contributed by atoms with Crippen molar-refractivity contribution in [1.82, 2.24) is 4.31 Å². The predicted octanol–water partition coefficient (Wildman–Crippen LogP) is 3.42. The number of piperidine rings is 1. The third kappa shape index (κ3) is 4.55. The highest BCUT2D eigenvalue weighted by atomic mass is 35.5. The molecule has 0 bridgehead atoms. The summed E-state index contributed by atoms with van der Waals surface area (Å²) in [6.07, 6.45) is 1.24. The van der Waals surface area contributed by atoms with Gasteiger partial charge in [-0.25, -0.2) is 8.42 Å². The van der Waals surface area contributed by atoms with Gasteiger partial charge in [0.2, 0.25) is 15.9 Å². The van der Waals surface area contributed by atoms with Crippen LogP contribution in [0.4, 0.5) is 5.69 Å². The van der Waals surface area contributed by atoms with Crippen LogP contribution < -0.4 is 14.4 Å². The molecule has 1 saturated heterocycles. The molecule has 0 aromatic heterocycles. The first-order chi connectivity index (χ1) is 14.3. The molecule has 1 aliphatic rings. The Morgan fingerprint density at radius 1 is 1.13 bits per heavy atom. The topological polar surface area (TPSA) is 76.2 Å². The lowest BCUT2D eigenvalue weighted by atomic mass is 9.98. The quantitative estimate of drug-likeness (QED) is 0.671. The zero-order valence-corrected chi connectivity index (χ0v) is 18.7. The molecule has 3 rings (SSSR count). The standard InChI is InChI=1S/C21H25ClN2O5S/c1-23(16-6-8-17(28-2)9-7-16)21(25)15-5-4-12-24(14-15)30(26,27)18-10-11-20(29-3)19(22)13-18/h6-11,13,15H,4-5,12,14H2,1-3H3/t15-/m0/s1. The van der Waals surface area contributed by atoms with Gasteiger partial charge < -0.3 is 14.4 Å². The third-order valence-corrected chi connectivity index (χ3v) is 7.44. The number of sulfonamides is 1. The van der Waals surface area contributed by atoms with Crippen LogP contribution in [-0.4, -0.2) is 53.0 Å². The minimum absolute atomic E-state index is 0.0879. The summed E-state index contributed by atoms with van der Waals surface area (Å²) < 4.78 is 37.8. The Kier molecular flexibility index (Phi) is 6.90. The van der Waals surface area contributed by atoms with E-state index in [-0.39, 0.29) is 22.4 Å². The van der Waals surface area contributed by atoms with Gasteiger partial charge in [0.05, 0.1) is 30.1 Å². The number of carbonyl (C=O) groups is 1. The van der Waals surface area contributed by atoms with E-state index in [1.54, 1.807) is 43.3 Å². The van der Waals surface area contributed by atoms with Crippen LogP contribution in [0.25, 0.3) is 0 Å². The number of nitrogens with zero attached hydrogens (tertiary/aromatic N) is 2. The van der Waals surface area contributed by atoms with E-state index in [2.05, 4.69) is 0 Å². The molecule has 0 N–H and O–H groups in total. The largest absolute Gasteiger partial charge is 0.497 e. The van der Waals surface area contributed by atoms with Crippen molar-refractivity contribution in [2.75, 3.05) is 39.3 Å². The number of hydrogen-bond acceptors (Lipinski definition) is 5. The van der Waals surface area contributed by atoms with Crippen molar-refractivity contribution in [3.63, 3.8) is 0 Å². The summed E-state index contributed by atoms with van der Waals surface area (Å²) in [7, 11) is 0.974. The third-order valence-electron chi connectivity index (χ3n) is 5.28. The molecule has 0 saturated carbocycles. The van der Waals surface area contributed by atoms with E-state index in [4.69, 9.17) is 21.1 Å². The van der Waals surface area contributed by atoms with Crippen LogP contribution in [0.2, 0.25) is 5.02 Å². The molecule has 2 aromatic rings. The summed E-state index contributed by atoms with van der Waals surface area (Å²) in [4.78, 5) is 14.7. The van der Waals surface area contributed by atoms with Crippen LogP contribution in [-0.2, 0) is 14.8 Å². The molecule has 2 aromatic carbocycles. The van der Waals surface area contributed by atoms with Crippen molar-refractivity contribution in [3.05, 3.63) is 47.5 Å². The summed E-state index contributed by atoms with van der Waals surface area (Å²) in [6, 6.07) is 11.5. The number of halogens is 1. The molecule has 30 heavy (non-hydrogen) atoms. The lowest BCUT2D eigenvalue weighted by molar-refractivity contribution is -0.123. The van der Waals surface area contributed by atoms with Crippen LogP contribution in [0.15, 0.2) is 47.4 Å². The van der Waals surface area contributed by atoms with Crippen molar-refractivity contribution < 1.29 is 22.7 Å². The maximum absolute atomic E-state index is 13.1. The molecule has 0 aliphatic carbocycles. The second-order valence-electron chi connectivity index (χ2n) is 7.09. The van der Waals surface area contributed by atoms with Crippen LogP contribution in [0.1, 0.15) is 12.8 Å². The van der Waals surface area contributed by atoms with Gasteiger partial charge in [-0.3, -0.25) is 4.79 Å². The van der Waals surface area contributed by atoms with Crippen LogP contribution in [0.3, 0.4) is 0 Å². The molecule has 9 heteroatoms. The second kappa shape index (κ2) is 9.24. The van der Waals surface area contributed by atoms with Crippen molar-refractivity contribution in [2.45, 2.75) is 17.7 Å². The van der Waals surface area contributed by atoms with Gasteiger partial charge in [0.1, 0.15) is 11.5 Å². The van der Waals surface area contributed by atoms with E-state index in [0.717, 1.165) is 5.69 Å². The monoisotopic (exact) mass is 452 g/mol. The zero-order chi connectivity index (χ0) is 21.9. The summed E-state index contributed by atoms with van der Waals surface area (Å²) in [5, 5.41) is 0.224.